The highest BCUT2D eigenvalue weighted by Gasteiger charge is 2.63. The van der Waals surface area contributed by atoms with Gasteiger partial charge in [-0.15, -0.1) is 0 Å². The fraction of sp³-hybridized carbons (Fsp3) is 0.769. The number of thioether (sulfide) groups is 1. The van der Waals surface area contributed by atoms with Crippen LogP contribution >= 0.6 is 11.8 Å². The van der Waals surface area contributed by atoms with Gasteiger partial charge in [0.2, 0.25) is 0 Å². The largest absolute Gasteiger partial charge is 0.373 e. The average Bonchev–Trinajstić information content (AvgIpc) is 3.35. The molecule has 1 saturated heterocycles. The SMILES string of the molecule is C[C@]12C[C@H]3S[C@H]3C[C@@H]1CC[C@@H]1[C@@H]2CC[C@]2(C)[C@@H](OCc3ccccc3)CC[C@@H]12. The zero-order chi connectivity index (χ0) is 18.9. The Hall–Kier alpha value is -0.470. The molecule has 2 heteroatoms. The maximum Gasteiger partial charge on any atom is 0.0720 e. The molecule has 0 spiro atoms. The second-order valence-electron chi connectivity index (χ2n) is 11.2. The molecule has 4 saturated carbocycles. The summed E-state index contributed by atoms with van der Waals surface area (Å²) in [5.74, 6) is 3.92. The Labute approximate surface area is 175 Å². The minimum Gasteiger partial charge on any atom is -0.373 e. The predicted molar refractivity (Wildman–Crippen MR) is 117 cm³/mol. The van der Waals surface area contributed by atoms with E-state index in [4.69, 9.17) is 4.74 Å². The van der Waals surface area contributed by atoms with E-state index in [0.29, 0.717) is 16.9 Å². The van der Waals surface area contributed by atoms with Crippen molar-refractivity contribution in [1.29, 1.82) is 0 Å². The Morgan fingerprint density at radius 1 is 0.929 bits per heavy atom. The molecule has 0 bridgehead atoms. The van der Waals surface area contributed by atoms with Gasteiger partial charge in [-0.2, -0.15) is 11.8 Å². The van der Waals surface area contributed by atoms with Gasteiger partial charge in [-0.05, 0) is 91.4 Å². The number of rotatable bonds is 3. The van der Waals surface area contributed by atoms with Gasteiger partial charge in [0.25, 0.3) is 0 Å². The zero-order valence-electron chi connectivity index (χ0n) is 17.6. The van der Waals surface area contributed by atoms with E-state index in [1.54, 1.807) is 6.42 Å². The average molecular weight is 397 g/mol. The Kier molecular flexibility index (Phi) is 4.26. The lowest BCUT2D eigenvalue weighted by Gasteiger charge is -2.60. The van der Waals surface area contributed by atoms with E-state index in [1.807, 2.05) is 0 Å². The van der Waals surface area contributed by atoms with Crippen LogP contribution in [0.15, 0.2) is 30.3 Å². The smallest absolute Gasteiger partial charge is 0.0720 e. The molecule has 1 heterocycles. The molecule has 5 aliphatic rings. The molecule has 4 aliphatic carbocycles. The highest BCUT2D eigenvalue weighted by molar-refractivity contribution is 8.07. The molecule has 1 nitrogen and oxygen atoms in total. The zero-order valence-corrected chi connectivity index (χ0v) is 18.4. The summed E-state index contributed by atoms with van der Waals surface area (Å²) in [7, 11) is 0. The number of fused-ring (bicyclic) bond motifs is 6. The molecular formula is C26H36OS. The van der Waals surface area contributed by atoms with Gasteiger partial charge in [0, 0.05) is 10.5 Å². The van der Waals surface area contributed by atoms with Gasteiger partial charge in [0.05, 0.1) is 12.7 Å². The number of ether oxygens (including phenoxy) is 1. The molecule has 0 amide bonds. The van der Waals surface area contributed by atoms with Crippen LogP contribution in [0.25, 0.3) is 0 Å². The molecule has 5 fully saturated rings. The molecule has 1 aliphatic heterocycles. The minimum atomic E-state index is 0.421. The summed E-state index contributed by atoms with van der Waals surface area (Å²) >= 11 is 2.31. The third-order valence-electron chi connectivity index (χ3n) is 10.1. The van der Waals surface area contributed by atoms with Crippen LogP contribution in [-0.4, -0.2) is 16.6 Å². The van der Waals surface area contributed by atoms with Crippen LogP contribution in [-0.2, 0) is 11.3 Å². The van der Waals surface area contributed by atoms with Crippen LogP contribution in [0.5, 0.6) is 0 Å². The first-order chi connectivity index (χ1) is 13.6. The molecule has 1 aromatic carbocycles. The molecule has 9 atom stereocenters. The van der Waals surface area contributed by atoms with Crippen LogP contribution in [0.4, 0.5) is 0 Å². The summed E-state index contributed by atoms with van der Waals surface area (Å²) in [5, 5.41) is 2.07. The third-order valence-corrected chi connectivity index (χ3v) is 11.5. The van der Waals surface area contributed by atoms with Crippen LogP contribution in [0, 0.1) is 34.5 Å². The third kappa shape index (κ3) is 2.69. The van der Waals surface area contributed by atoms with Gasteiger partial charge in [-0.3, -0.25) is 0 Å². The fourth-order valence-electron chi connectivity index (χ4n) is 8.52. The lowest BCUT2D eigenvalue weighted by Crippen LogP contribution is -2.54. The van der Waals surface area contributed by atoms with Crippen molar-refractivity contribution in [1.82, 2.24) is 0 Å². The number of hydrogen-bond acceptors (Lipinski definition) is 2. The van der Waals surface area contributed by atoms with Gasteiger partial charge in [0.15, 0.2) is 0 Å². The quantitative estimate of drug-likeness (QED) is 0.525. The summed E-state index contributed by atoms with van der Waals surface area (Å²) in [6.45, 7) is 6.10. The lowest BCUT2D eigenvalue weighted by atomic mass is 9.45. The van der Waals surface area contributed by atoms with Crippen LogP contribution in [0.1, 0.15) is 70.8 Å². The summed E-state index contributed by atoms with van der Waals surface area (Å²) < 4.78 is 6.59. The van der Waals surface area contributed by atoms with E-state index in [0.717, 1.165) is 40.8 Å². The molecule has 0 unspecified atom stereocenters. The summed E-state index contributed by atoms with van der Waals surface area (Å²) in [6.07, 6.45) is 12.2. The number of benzene rings is 1. The monoisotopic (exact) mass is 396 g/mol. The normalized spacial score (nSPS) is 51.6. The second kappa shape index (κ2) is 6.51. The predicted octanol–water partition coefficient (Wildman–Crippen LogP) is 6.71. The van der Waals surface area contributed by atoms with Crippen molar-refractivity contribution in [2.75, 3.05) is 0 Å². The van der Waals surface area contributed by atoms with Crippen molar-refractivity contribution in [3.8, 4) is 0 Å². The highest BCUT2D eigenvalue weighted by atomic mass is 32.2. The van der Waals surface area contributed by atoms with Gasteiger partial charge < -0.3 is 4.74 Å². The lowest BCUT2D eigenvalue weighted by molar-refractivity contribution is -0.130. The molecule has 0 radical (unpaired) electrons. The molecule has 28 heavy (non-hydrogen) atoms. The van der Waals surface area contributed by atoms with E-state index in [-0.39, 0.29) is 0 Å². The van der Waals surface area contributed by atoms with E-state index >= 15 is 0 Å². The summed E-state index contributed by atoms with van der Waals surface area (Å²) in [6, 6.07) is 10.8. The van der Waals surface area contributed by atoms with E-state index < -0.39 is 0 Å². The fourth-order valence-corrected chi connectivity index (χ4v) is 9.88. The maximum atomic E-state index is 6.59. The van der Waals surface area contributed by atoms with Gasteiger partial charge in [-0.1, -0.05) is 44.2 Å². The van der Waals surface area contributed by atoms with E-state index in [1.165, 1.54) is 50.5 Å². The van der Waals surface area contributed by atoms with Gasteiger partial charge in [-0.25, -0.2) is 0 Å². The van der Waals surface area contributed by atoms with Gasteiger partial charge >= 0.3 is 0 Å². The first-order valence-electron chi connectivity index (χ1n) is 11.9. The van der Waals surface area contributed by atoms with Crippen LogP contribution in [0.2, 0.25) is 0 Å². The molecule has 0 N–H and O–H groups in total. The molecule has 152 valence electrons. The standard InChI is InChI=1S/C26H36OS/c1-25-13-12-21-19(9-8-18-14-22-23(28-22)15-26(18,21)2)20(25)10-11-24(25)27-16-17-6-4-3-5-7-17/h3-7,18-24H,8-16H2,1-2H3/t18-,19-,20-,21-,22-,23+,24-,25-,26-/m0/s1. The molecule has 0 aromatic heterocycles. The van der Waals surface area contributed by atoms with Crippen molar-refractivity contribution in [3.05, 3.63) is 35.9 Å². The van der Waals surface area contributed by atoms with Crippen molar-refractivity contribution in [3.63, 3.8) is 0 Å². The van der Waals surface area contributed by atoms with Crippen LogP contribution < -0.4 is 0 Å². The first kappa shape index (κ1) is 18.3. The molecular weight excluding hydrogens is 360 g/mol. The maximum absolute atomic E-state index is 6.59. The number of hydrogen-bond donors (Lipinski definition) is 0. The van der Waals surface area contributed by atoms with Crippen LogP contribution in [0.3, 0.4) is 0 Å². The summed E-state index contributed by atoms with van der Waals surface area (Å²) in [4.78, 5) is 0. The Morgan fingerprint density at radius 2 is 1.75 bits per heavy atom. The molecule has 1 aromatic rings. The topological polar surface area (TPSA) is 9.23 Å². The minimum absolute atomic E-state index is 0.421. The Balaban J connectivity index is 1.20. The highest BCUT2D eigenvalue weighted by Crippen LogP contribution is 2.70. The van der Waals surface area contributed by atoms with Crippen molar-refractivity contribution in [2.24, 2.45) is 34.5 Å². The summed E-state index contributed by atoms with van der Waals surface area (Å²) in [5.41, 5.74) is 2.40. The van der Waals surface area contributed by atoms with Crippen molar-refractivity contribution in [2.45, 2.75) is 88.4 Å². The van der Waals surface area contributed by atoms with Crippen molar-refractivity contribution >= 4 is 11.8 Å². The van der Waals surface area contributed by atoms with Gasteiger partial charge in [0.1, 0.15) is 0 Å². The first-order valence-corrected chi connectivity index (χ1v) is 12.8. The Bertz CT molecular complexity index is 733. The van der Waals surface area contributed by atoms with Crippen molar-refractivity contribution < 1.29 is 4.74 Å². The van der Waals surface area contributed by atoms with E-state index in [2.05, 4.69) is 55.9 Å². The van der Waals surface area contributed by atoms with E-state index in [9.17, 15) is 0 Å². The second-order valence-corrected chi connectivity index (χ2v) is 12.7. The Morgan fingerprint density at radius 3 is 2.61 bits per heavy atom. The molecule has 6 rings (SSSR count).